The van der Waals surface area contributed by atoms with Crippen molar-refractivity contribution in [3.63, 3.8) is 0 Å². The zero-order valence-corrected chi connectivity index (χ0v) is 10.8. The molecule has 96 valence electrons. The molecule has 4 rings (SSSR count). The van der Waals surface area contributed by atoms with Crippen LogP contribution in [-0.4, -0.2) is 14.6 Å². The zero-order chi connectivity index (χ0) is 13.6. The van der Waals surface area contributed by atoms with Crippen molar-refractivity contribution in [2.75, 3.05) is 0 Å². The van der Waals surface area contributed by atoms with Crippen LogP contribution >= 0.6 is 0 Å². The molecular weight excluding hydrogens is 248 g/mol. The van der Waals surface area contributed by atoms with Crippen molar-refractivity contribution in [2.45, 2.75) is 18.3 Å². The average Bonchev–Trinajstić information content (AvgIpc) is 3.17. The number of benzene rings is 1. The largest absolute Gasteiger partial charge is 0.229 e. The molecule has 1 aliphatic rings. The molecule has 0 amide bonds. The fraction of sp³-hybridized carbons (Fsp3) is 0.188. The Morgan fingerprint density at radius 1 is 1.10 bits per heavy atom. The third kappa shape index (κ3) is 1.60. The van der Waals surface area contributed by atoms with Crippen LogP contribution in [0.1, 0.15) is 18.4 Å². The Balaban J connectivity index is 1.73. The summed E-state index contributed by atoms with van der Waals surface area (Å²) in [5.74, 6) is 0. The first kappa shape index (κ1) is 11.2. The van der Waals surface area contributed by atoms with Gasteiger partial charge in [-0.05, 0) is 24.5 Å². The van der Waals surface area contributed by atoms with Crippen molar-refractivity contribution >= 4 is 5.65 Å². The van der Waals surface area contributed by atoms with E-state index in [2.05, 4.69) is 16.2 Å². The lowest BCUT2D eigenvalue weighted by Crippen LogP contribution is -2.01. The number of hydrogen-bond donors (Lipinski definition) is 0. The summed E-state index contributed by atoms with van der Waals surface area (Å²) in [6.07, 6.45) is 5.59. The molecule has 1 saturated carbocycles. The van der Waals surface area contributed by atoms with Crippen molar-refractivity contribution in [3.05, 3.63) is 54.4 Å². The molecule has 4 heteroatoms. The fourth-order valence-electron chi connectivity index (χ4n) is 2.52. The van der Waals surface area contributed by atoms with E-state index >= 15 is 0 Å². The maximum Gasteiger partial charge on any atom is 0.155 e. The van der Waals surface area contributed by atoms with Crippen molar-refractivity contribution in [2.24, 2.45) is 0 Å². The van der Waals surface area contributed by atoms with E-state index in [1.807, 2.05) is 42.6 Å². The van der Waals surface area contributed by atoms with Crippen LogP contribution in [0.3, 0.4) is 0 Å². The number of nitriles is 1. The van der Waals surface area contributed by atoms with Gasteiger partial charge in [-0.25, -0.2) is 9.50 Å². The summed E-state index contributed by atoms with van der Waals surface area (Å²) >= 11 is 0. The Kier molecular flexibility index (Phi) is 2.19. The number of rotatable bonds is 2. The molecule has 0 bridgehead atoms. The molecule has 0 radical (unpaired) electrons. The van der Waals surface area contributed by atoms with E-state index in [0.717, 1.165) is 35.3 Å². The lowest BCUT2D eigenvalue weighted by atomic mass is 9.96. The van der Waals surface area contributed by atoms with Gasteiger partial charge in [-0.15, -0.1) is 0 Å². The Morgan fingerprint density at radius 2 is 1.90 bits per heavy atom. The third-order valence-electron chi connectivity index (χ3n) is 3.96. The van der Waals surface area contributed by atoms with Crippen LogP contribution in [0.5, 0.6) is 0 Å². The molecule has 20 heavy (non-hydrogen) atoms. The number of fused-ring (bicyclic) bond motifs is 1. The monoisotopic (exact) mass is 260 g/mol. The van der Waals surface area contributed by atoms with Gasteiger partial charge in [0.1, 0.15) is 0 Å². The van der Waals surface area contributed by atoms with Gasteiger partial charge in [-0.2, -0.15) is 10.4 Å². The van der Waals surface area contributed by atoms with Gasteiger partial charge in [-0.1, -0.05) is 24.3 Å². The van der Waals surface area contributed by atoms with E-state index in [-0.39, 0.29) is 5.41 Å². The summed E-state index contributed by atoms with van der Waals surface area (Å²) in [5, 5.41) is 13.4. The van der Waals surface area contributed by atoms with Crippen molar-refractivity contribution < 1.29 is 0 Å². The van der Waals surface area contributed by atoms with Gasteiger partial charge in [0.15, 0.2) is 5.65 Å². The summed E-state index contributed by atoms with van der Waals surface area (Å²) in [7, 11) is 0. The number of hydrogen-bond acceptors (Lipinski definition) is 3. The van der Waals surface area contributed by atoms with E-state index in [1.165, 1.54) is 0 Å². The molecule has 1 aromatic carbocycles. The van der Waals surface area contributed by atoms with Crippen LogP contribution in [0.15, 0.2) is 48.8 Å². The fourth-order valence-corrected chi connectivity index (χ4v) is 2.52. The molecule has 0 saturated heterocycles. The van der Waals surface area contributed by atoms with E-state index in [4.69, 9.17) is 0 Å². The van der Waals surface area contributed by atoms with Crippen molar-refractivity contribution in [1.82, 2.24) is 14.6 Å². The van der Waals surface area contributed by atoms with Crippen LogP contribution in [0.4, 0.5) is 0 Å². The topological polar surface area (TPSA) is 54.0 Å². The van der Waals surface area contributed by atoms with Crippen molar-refractivity contribution in [3.8, 4) is 17.3 Å². The quantitative estimate of drug-likeness (QED) is 0.711. The number of nitrogens with zero attached hydrogens (tertiary/aromatic N) is 4. The van der Waals surface area contributed by atoms with Crippen LogP contribution in [0.2, 0.25) is 0 Å². The lowest BCUT2D eigenvalue weighted by Gasteiger charge is -2.07. The first-order chi connectivity index (χ1) is 9.81. The average molecular weight is 260 g/mol. The van der Waals surface area contributed by atoms with Gasteiger partial charge in [0.05, 0.1) is 23.4 Å². The Bertz CT molecular complexity index is 820. The van der Waals surface area contributed by atoms with Crippen molar-refractivity contribution in [1.29, 1.82) is 5.26 Å². The predicted molar refractivity (Wildman–Crippen MR) is 74.9 cm³/mol. The van der Waals surface area contributed by atoms with Gasteiger partial charge in [-0.3, -0.25) is 0 Å². The molecule has 2 heterocycles. The Hall–Kier alpha value is -2.67. The zero-order valence-electron chi connectivity index (χ0n) is 10.8. The highest BCUT2D eigenvalue weighted by Gasteiger charge is 2.44. The molecule has 1 fully saturated rings. The summed E-state index contributed by atoms with van der Waals surface area (Å²) in [6, 6.07) is 14.4. The second-order valence-electron chi connectivity index (χ2n) is 5.22. The minimum atomic E-state index is -0.221. The SMILES string of the molecule is N#CC1(c2ccc(-c3ccn4nccc4n3)cc2)CC1. The first-order valence-electron chi connectivity index (χ1n) is 6.63. The van der Waals surface area contributed by atoms with Crippen LogP contribution in [0.25, 0.3) is 16.9 Å². The summed E-state index contributed by atoms with van der Waals surface area (Å²) in [5.41, 5.74) is 3.72. The van der Waals surface area contributed by atoms with E-state index < -0.39 is 0 Å². The summed E-state index contributed by atoms with van der Waals surface area (Å²) in [4.78, 5) is 4.57. The van der Waals surface area contributed by atoms with E-state index in [1.54, 1.807) is 10.7 Å². The third-order valence-corrected chi connectivity index (χ3v) is 3.96. The minimum absolute atomic E-state index is 0.221. The smallest absolute Gasteiger partial charge is 0.155 e. The molecule has 2 aromatic heterocycles. The molecule has 0 N–H and O–H groups in total. The van der Waals surface area contributed by atoms with Crippen LogP contribution < -0.4 is 0 Å². The second-order valence-corrected chi connectivity index (χ2v) is 5.22. The second kappa shape index (κ2) is 3.91. The van der Waals surface area contributed by atoms with Crippen LogP contribution in [-0.2, 0) is 5.41 Å². The molecule has 4 nitrogen and oxygen atoms in total. The van der Waals surface area contributed by atoms with Gasteiger partial charge in [0, 0.05) is 17.8 Å². The molecule has 3 aromatic rings. The molecule has 0 atom stereocenters. The van der Waals surface area contributed by atoms with Gasteiger partial charge in [0.25, 0.3) is 0 Å². The maximum atomic E-state index is 9.22. The predicted octanol–water partition coefficient (Wildman–Crippen LogP) is 2.95. The highest BCUT2D eigenvalue weighted by molar-refractivity contribution is 5.62. The Labute approximate surface area is 116 Å². The van der Waals surface area contributed by atoms with Gasteiger partial charge in [0.2, 0.25) is 0 Å². The van der Waals surface area contributed by atoms with Crippen LogP contribution in [0, 0.1) is 11.3 Å². The lowest BCUT2D eigenvalue weighted by molar-refractivity contribution is 0.908. The summed E-state index contributed by atoms with van der Waals surface area (Å²) < 4.78 is 1.74. The van der Waals surface area contributed by atoms with Gasteiger partial charge >= 0.3 is 0 Å². The van der Waals surface area contributed by atoms with E-state index in [0.29, 0.717) is 0 Å². The molecule has 0 aliphatic heterocycles. The van der Waals surface area contributed by atoms with Gasteiger partial charge < -0.3 is 0 Å². The maximum absolute atomic E-state index is 9.22. The highest BCUT2D eigenvalue weighted by Crippen LogP contribution is 2.47. The normalized spacial score (nSPS) is 15.9. The highest BCUT2D eigenvalue weighted by atomic mass is 15.2. The molecule has 0 spiro atoms. The summed E-state index contributed by atoms with van der Waals surface area (Å²) in [6.45, 7) is 0. The molecule has 0 unspecified atom stereocenters. The molecular formula is C16H12N4. The first-order valence-corrected chi connectivity index (χ1v) is 6.63. The number of aromatic nitrogens is 3. The standard InChI is InChI=1S/C16H12N4/c17-11-16(7-8-16)13-3-1-12(2-4-13)14-6-10-20-15(19-14)5-9-18-20/h1-6,9-10H,7-8H2. The Morgan fingerprint density at radius 3 is 2.60 bits per heavy atom. The van der Waals surface area contributed by atoms with E-state index in [9.17, 15) is 5.26 Å². The minimum Gasteiger partial charge on any atom is -0.229 e. The molecule has 1 aliphatic carbocycles.